The second kappa shape index (κ2) is 5.08. The molecule has 1 heterocycles. The number of rotatable bonds is 3. The molecule has 0 amide bonds. The Labute approximate surface area is 88.9 Å². The molecule has 0 unspecified atom stereocenters. The Morgan fingerprint density at radius 1 is 1.21 bits per heavy atom. The molecular weight excluding hydrogens is 192 g/mol. The summed E-state index contributed by atoms with van der Waals surface area (Å²) in [6.07, 6.45) is 3.30. The molecule has 0 bridgehead atoms. The summed E-state index contributed by atoms with van der Waals surface area (Å²) in [5, 5.41) is 3.29. The summed E-state index contributed by atoms with van der Waals surface area (Å²) in [7, 11) is 0. The van der Waals surface area contributed by atoms with Gasteiger partial charge in [-0.3, -0.25) is 0 Å². The van der Waals surface area contributed by atoms with Crippen LogP contribution in [-0.4, -0.2) is 13.1 Å². The van der Waals surface area contributed by atoms with Crippen molar-refractivity contribution in [3.8, 4) is 0 Å². The summed E-state index contributed by atoms with van der Waals surface area (Å²) in [5.74, 6) is 0. The van der Waals surface area contributed by atoms with Gasteiger partial charge in [0, 0.05) is 30.1 Å². The molecule has 1 aromatic carbocycles. The van der Waals surface area contributed by atoms with Crippen LogP contribution in [0.15, 0.2) is 47.0 Å². The summed E-state index contributed by atoms with van der Waals surface area (Å²) < 4.78 is 3.38. The lowest BCUT2D eigenvalue weighted by molar-refractivity contribution is 0.690. The topological polar surface area (TPSA) is 24.1 Å². The fourth-order valence-electron chi connectivity index (χ4n) is 1.33. The third kappa shape index (κ3) is 2.79. The number of hydrogen-bond donors (Lipinski definition) is 2. The van der Waals surface area contributed by atoms with Crippen molar-refractivity contribution in [3.63, 3.8) is 0 Å². The molecule has 3 heteroatoms. The lowest BCUT2D eigenvalue weighted by Gasteiger charge is -2.14. The largest absolute Gasteiger partial charge is 0.330 e. The van der Waals surface area contributed by atoms with Crippen molar-refractivity contribution < 1.29 is 0 Å². The minimum Gasteiger partial charge on any atom is -0.330 e. The minimum atomic E-state index is 0.984. The smallest absolute Gasteiger partial charge is 0.0284 e. The fourth-order valence-corrected chi connectivity index (χ4v) is 2.06. The average Bonchev–Trinajstić information content (AvgIpc) is 2.29. The first-order valence-corrected chi connectivity index (χ1v) is 5.64. The van der Waals surface area contributed by atoms with Gasteiger partial charge in [0.1, 0.15) is 0 Å². The van der Waals surface area contributed by atoms with Crippen LogP contribution in [0, 0.1) is 0 Å². The fraction of sp³-hybridized carbons (Fsp3) is 0.273. The lowest BCUT2D eigenvalue weighted by Crippen LogP contribution is -2.24. The van der Waals surface area contributed by atoms with Gasteiger partial charge < -0.3 is 10.0 Å². The molecule has 0 radical (unpaired) electrons. The van der Waals surface area contributed by atoms with Crippen LogP contribution < -0.4 is 10.0 Å². The third-order valence-electron chi connectivity index (χ3n) is 2.11. The molecule has 1 aromatic rings. The molecule has 0 saturated carbocycles. The molecule has 2 rings (SSSR count). The Hall–Kier alpha value is -0.930. The highest BCUT2D eigenvalue weighted by Gasteiger charge is 2.01. The molecule has 0 atom stereocenters. The van der Waals surface area contributed by atoms with Crippen molar-refractivity contribution in [2.75, 3.05) is 13.1 Å². The van der Waals surface area contributed by atoms with Crippen LogP contribution in [0.2, 0.25) is 0 Å². The number of benzene rings is 1. The second-order valence-corrected chi connectivity index (χ2v) is 4.08. The maximum Gasteiger partial charge on any atom is 0.0284 e. The van der Waals surface area contributed by atoms with E-state index in [-0.39, 0.29) is 0 Å². The van der Waals surface area contributed by atoms with E-state index >= 15 is 0 Å². The van der Waals surface area contributed by atoms with Gasteiger partial charge in [-0.15, -0.1) is 0 Å². The number of hydrogen-bond acceptors (Lipinski definition) is 3. The molecule has 74 valence electrons. The van der Waals surface area contributed by atoms with E-state index in [1.807, 2.05) is 6.07 Å². The number of nitrogens with one attached hydrogen (secondary N) is 2. The first-order chi connectivity index (χ1) is 6.95. The normalized spacial score (nSPS) is 16.1. The second-order valence-electron chi connectivity index (χ2n) is 3.20. The monoisotopic (exact) mass is 206 g/mol. The predicted molar refractivity (Wildman–Crippen MR) is 61.0 cm³/mol. The zero-order chi connectivity index (χ0) is 9.64. The van der Waals surface area contributed by atoms with Gasteiger partial charge in [-0.2, -0.15) is 0 Å². The summed E-state index contributed by atoms with van der Waals surface area (Å²) in [5.41, 5.74) is 1.33. The highest BCUT2D eigenvalue weighted by atomic mass is 32.2. The summed E-state index contributed by atoms with van der Waals surface area (Å²) >= 11 is 1.68. The van der Waals surface area contributed by atoms with Crippen LogP contribution in [0.3, 0.4) is 0 Å². The van der Waals surface area contributed by atoms with Crippen LogP contribution in [0.5, 0.6) is 0 Å². The quantitative estimate of drug-likeness (QED) is 0.741. The predicted octanol–water partition coefficient (Wildman–Crippen LogP) is 2.16. The van der Waals surface area contributed by atoms with Crippen LogP contribution in [0.1, 0.15) is 6.42 Å². The van der Waals surface area contributed by atoms with Gasteiger partial charge in [0.2, 0.25) is 0 Å². The van der Waals surface area contributed by atoms with Gasteiger partial charge in [-0.1, -0.05) is 24.3 Å². The van der Waals surface area contributed by atoms with Crippen molar-refractivity contribution >= 4 is 11.9 Å². The molecule has 1 aliphatic rings. The van der Waals surface area contributed by atoms with Crippen molar-refractivity contribution in [3.05, 3.63) is 42.1 Å². The Balaban J connectivity index is 1.85. The summed E-state index contributed by atoms with van der Waals surface area (Å²) in [4.78, 5) is 1.26. The van der Waals surface area contributed by atoms with Crippen molar-refractivity contribution in [2.24, 2.45) is 0 Å². The Kier molecular flexibility index (Phi) is 3.49. The van der Waals surface area contributed by atoms with Gasteiger partial charge in [0.25, 0.3) is 0 Å². The molecule has 0 spiro atoms. The molecule has 2 N–H and O–H groups in total. The van der Waals surface area contributed by atoms with E-state index in [1.165, 1.54) is 10.6 Å². The van der Waals surface area contributed by atoms with Gasteiger partial charge in [0.05, 0.1) is 0 Å². The molecule has 14 heavy (non-hydrogen) atoms. The average molecular weight is 206 g/mol. The Morgan fingerprint density at radius 2 is 2.07 bits per heavy atom. The van der Waals surface area contributed by atoms with Crippen molar-refractivity contribution in [1.29, 1.82) is 0 Å². The maximum atomic E-state index is 3.38. The highest BCUT2D eigenvalue weighted by molar-refractivity contribution is 7.97. The van der Waals surface area contributed by atoms with E-state index in [1.54, 1.807) is 11.9 Å². The van der Waals surface area contributed by atoms with Crippen LogP contribution in [-0.2, 0) is 0 Å². The highest BCUT2D eigenvalue weighted by Crippen LogP contribution is 2.16. The summed E-state index contributed by atoms with van der Waals surface area (Å²) in [6.45, 7) is 2.06. The molecule has 0 aliphatic carbocycles. The Morgan fingerprint density at radius 3 is 2.79 bits per heavy atom. The first kappa shape index (κ1) is 9.62. The van der Waals surface area contributed by atoms with Gasteiger partial charge in [0.15, 0.2) is 0 Å². The first-order valence-electron chi connectivity index (χ1n) is 4.83. The van der Waals surface area contributed by atoms with E-state index in [0.717, 1.165) is 19.5 Å². The van der Waals surface area contributed by atoms with Crippen LogP contribution >= 0.6 is 11.9 Å². The zero-order valence-electron chi connectivity index (χ0n) is 7.99. The zero-order valence-corrected chi connectivity index (χ0v) is 8.81. The molecular formula is C11H14N2S. The van der Waals surface area contributed by atoms with Gasteiger partial charge >= 0.3 is 0 Å². The van der Waals surface area contributed by atoms with E-state index < -0.39 is 0 Å². The lowest BCUT2D eigenvalue weighted by atomic mass is 10.2. The van der Waals surface area contributed by atoms with Crippen molar-refractivity contribution in [2.45, 2.75) is 11.3 Å². The molecule has 0 saturated heterocycles. The maximum absolute atomic E-state index is 3.38. The SMILES string of the molecule is C1=C(NSc2ccccc2)CCNC1. The van der Waals surface area contributed by atoms with E-state index in [4.69, 9.17) is 0 Å². The van der Waals surface area contributed by atoms with E-state index in [0.29, 0.717) is 0 Å². The van der Waals surface area contributed by atoms with Gasteiger partial charge in [-0.25, -0.2) is 0 Å². The molecule has 0 fully saturated rings. The van der Waals surface area contributed by atoms with Gasteiger partial charge in [-0.05, 0) is 24.1 Å². The van der Waals surface area contributed by atoms with Crippen molar-refractivity contribution in [1.82, 2.24) is 10.0 Å². The van der Waals surface area contributed by atoms with E-state index in [2.05, 4.69) is 40.4 Å². The molecule has 2 nitrogen and oxygen atoms in total. The standard InChI is InChI=1S/C11H14N2S/c1-2-4-11(5-3-1)14-13-10-6-8-12-9-7-10/h1-6,12-13H,7-9H2. The van der Waals surface area contributed by atoms with E-state index in [9.17, 15) is 0 Å². The molecule has 0 aromatic heterocycles. The minimum absolute atomic E-state index is 0.984. The van der Waals surface area contributed by atoms with Crippen LogP contribution in [0.25, 0.3) is 0 Å². The third-order valence-corrected chi connectivity index (χ3v) is 2.98. The Bertz CT molecular complexity index is 308. The van der Waals surface area contributed by atoms with Crippen LogP contribution in [0.4, 0.5) is 0 Å². The molecule has 1 aliphatic heterocycles. The summed E-state index contributed by atoms with van der Waals surface area (Å²) in [6, 6.07) is 10.4.